The van der Waals surface area contributed by atoms with E-state index in [1.54, 1.807) is 18.7 Å². The Kier molecular flexibility index (Phi) is 3.21. The summed E-state index contributed by atoms with van der Waals surface area (Å²) >= 11 is 4.96. The maximum atomic E-state index is 5.10. The van der Waals surface area contributed by atoms with Crippen molar-refractivity contribution in [1.82, 2.24) is 9.97 Å². The molecule has 5 heteroatoms. The van der Waals surface area contributed by atoms with Crippen LogP contribution in [0.3, 0.4) is 0 Å². The maximum absolute atomic E-state index is 5.10. The van der Waals surface area contributed by atoms with Crippen molar-refractivity contribution in [3.63, 3.8) is 0 Å². The summed E-state index contributed by atoms with van der Waals surface area (Å²) in [4.78, 5) is 8.25. The molecule has 2 aromatic rings. The molecule has 0 atom stereocenters. The number of halogens is 1. The SMILES string of the molecule is Brc1cccnc1CSc1ncco1. The number of thioether (sulfide) groups is 1. The fourth-order valence-corrected chi connectivity index (χ4v) is 2.27. The molecule has 0 aliphatic heterocycles. The monoisotopic (exact) mass is 270 g/mol. The van der Waals surface area contributed by atoms with Crippen LogP contribution in [0, 0.1) is 0 Å². The van der Waals surface area contributed by atoms with E-state index >= 15 is 0 Å². The van der Waals surface area contributed by atoms with Gasteiger partial charge in [0.05, 0.1) is 11.9 Å². The molecule has 0 aromatic carbocycles. The number of oxazole rings is 1. The van der Waals surface area contributed by atoms with Crippen LogP contribution < -0.4 is 0 Å². The van der Waals surface area contributed by atoms with Gasteiger partial charge in [0.2, 0.25) is 0 Å². The van der Waals surface area contributed by atoms with Gasteiger partial charge in [0.15, 0.2) is 0 Å². The van der Waals surface area contributed by atoms with Gasteiger partial charge in [-0.2, -0.15) is 0 Å². The molecular weight excluding hydrogens is 264 g/mol. The standard InChI is InChI=1S/C9H7BrN2OS/c10-7-2-1-3-11-8(7)6-14-9-12-4-5-13-9/h1-5H,6H2. The molecular formula is C9H7BrN2OS. The van der Waals surface area contributed by atoms with Gasteiger partial charge >= 0.3 is 0 Å². The van der Waals surface area contributed by atoms with Crippen molar-refractivity contribution in [1.29, 1.82) is 0 Å². The topological polar surface area (TPSA) is 38.9 Å². The highest BCUT2D eigenvalue weighted by atomic mass is 79.9. The fraction of sp³-hybridized carbons (Fsp3) is 0.111. The Morgan fingerprint density at radius 3 is 3.00 bits per heavy atom. The minimum Gasteiger partial charge on any atom is -0.440 e. The van der Waals surface area contributed by atoms with Crippen LogP contribution in [-0.4, -0.2) is 9.97 Å². The normalized spacial score (nSPS) is 10.4. The van der Waals surface area contributed by atoms with E-state index in [1.165, 1.54) is 11.8 Å². The summed E-state index contributed by atoms with van der Waals surface area (Å²) in [6.45, 7) is 0. The highest BCUT2D eigenvalue weighted by Gasteiger charge is 2.03. The van der Waals surface area contributed by atoms with Crippen LogP contribution in [0.5, 0.6) is 0 Å². The van der Waals surface area contributed by atoms with E-state index < -0.39 is 0 Å². The lowest BCUT2D eigenvalue weighted by Crippen LogP contribution is -1.87. The van der Waals surface area contributed by atoms with Gasteiger partial charge in [-0.1, -0.05) is 11.8 Å². The second-order valence-corrected chi connectivity index (χ2v) is 4.30. The van der Waals surface area contributed by atoms with Crippen molar-refractivity contribution >= 4 is 27.7 Å². The van der Waals surface area contributed by atoms with E-state index in [-0.39, 0.29) is 0 Å². The van der Waals surface area contributed by atoms with Gasteiger partial charge < -0.3 is 4.42 Å². The number of hydrogen-bond donors (Lipinski definition) is 0. The van der Waals surface area contributed by atoms with Crippen molar-refractivity contribution in [2.24, 2.45) is 0 Å². The van der Waals surface area contributed by atoms with Crippen LogP contribution in [0.15, 0.2) is 44.9 Å². The molecule has 2 rings (SSSR count). The van der Waals surface area contributed by atoms with E-state index in [0.29, 0.717) is 5.22 Å². The third kappa shape index (κ3) is 2.36. The van der Waals surface area contributed by atoms with E-state index in [1.807, 2.05) is 12.1 Å². The number of nitrogens with zero attached hydrogens (tertiary/aromatic N) is 2. The lowest BCUT2D eigenvalue weighted by molar-refractivity contribution is 0.454. The van der Waals surface area contributed by atoms with E-state index in [4.69, 9.17) is 4.42 Å². The molecule has 0 fully saturated rings. The maximum Gasteiger partial charge on any atom is 0.255 e. The molecule has 0 saturated carbocycles. The number of hydrogen-bond acceptors (Lipinski definition) is 4. The highest BCUT2D eigenvalue weighted by Crippen LogP contribution is 2.23. The minimum atomic E-state index is 0.669. The molecule has 0 aliphatic carbocycles. The molecule has 3 nitrogen and oxygen atoms in total. The van der Waals surface area contributed by atoms with E-state index in [9.17, 15) is 0 Å². The van der Waals surface area contributed by atoms with Crippen LogP contribution in [0.25, 0.3) is 0 Å². The second kappa shape index (κ2) is 4.61. The molecule has 0 saturated heterocycles. The van der Waals surface area contributed by atoms with Crippen molar-refractivity contribution in [2.45, 2.75) is 11.0 Å². The van der Waals surface area contributed by atoms with Gasteiger partial charge in [-0.3, -0.25) is 4.98 Å². The van der Waals surface area contributed by atoms with Gasteiger partial charge in [0.1, 0.15) is 6.26 Å². The molecule has 0 bridgehead atoms. The number of aromatic nitrogens is 2. The number of pyridine rings is 1. The quantitative estimate of drug-likeness (QED) is 0.804. The third-order valence-corrected chi connectivity index (χ3v) is 3.17. The third-order valence-electron chi connectivity index (χ3n) is 1.58. The zero-order valence-corrected chi connectivity index (χ0v) is 9.59. The Morgan fingerprint density at radius 1 is 1.36 bits per heavy atom. The summed E-state index contributed by atoms with van der Waals surface area (Å²) in [5.41, 5.74) is 0.996. The summed E-state index contributed by atoms with van der Waals surface area (Å²) in [7, 11) is 0. The predicted octanol–water partition coefficient (Wildman–Crippen LogP) is 3.12. The lowest BCUT2D eigenvalue weighted by Gasteiger charge is -1.99. The molecule has 0 amide bonds. The van der Waals surface area contributed by atoms with Crippen LogP contribution in [0.2, 0.25) is 0 Å². The Balaban J connectivity index is 2.02. The van der Waals surface area contributed by atoms with E-state index in [0.717, 1.165) is 15.9 Å². The van der Waals surface area contributed by atoms with Crippen LogP contribution in [-0.2, 0) is 5.75 Å². The molecule has 0 radical (unpaired) electrons. The zero-order valence-electron chi connectivity index (χ0n) is 7.18. The lowest BCUT2D eigenvalue weighted by atomic mass is 10.4. The average molecular weight is 271 g/mol. The summed E-state index contributed by atoms with van der Waals surface area (Å²) in [5.74, 6) is 0.752. The average Bonchev–Trinajstić information content (AvgIpc) is 2.69. The summed E-state index contributed by atoms with van der Waals surface area (Å²) in [5, 5.41) is 0.669. The van der Waals surface area contributed by atoms with E-state index in [2.05, 4.69) is 25.9 Å². The minimum absolute atomic E-state index is 0.669. The van der Waals surface area contributed by atoms with Crippen molar-refractivity contribution < 1.29 is 4.42 Å². The summed E-state index contributed by atoms with van der Waals surface area (Å²) < 4.78 is 6.12. The molecule has 0 spiro atoms. The largest absolute Gasteiger partial charge is 0.440 e. The Morgan fingerprint density at radius 2 is 2.29 bits per heavy atom. The Bertz CT molecular complexity index is 405. The van der Waals surface area contributed by atoms with Gasteiger partial charge in [-0.25, -0.2) is 4.98 Å². The van der Waals surface area contributed by atoms with Crippen LogP contribution >= 0.6 is 27.7 Å². The van der Waals surface area contributed by atoms with Crippen molar-refractivity contribution in [2.75, 3.05) is 0 Å². The zero-order chi connectivity index (χ0) is 9.80. The Hall–Kier alpha value is -0.810. The molecule has 2 aromatic heterocycles. The first-order valence-electron chi connectivity index (χ1n) is 3.98. The predicted molar refractivity (Wildman–Crippen MR) is 58.0 cm³/mol. The Labute approximate surface area is 94.1 Å². The summed E-state index contributed by atoms with van der Waals surface area (Å²) in [6, 6.07) is 3.86. The number of rotatable bonds is 3. The molecule has 72 valence electrons. The molecule has 0 unspecified atom stereocenters. The van der Waals surface area contributed by atoms with Crippen LogP contribution in [0.1, 0.15) is 5.69 Å². The van der Waals surface area contributed by atoms with Gasteiger partial charge in [0.25, 0.3) is 5.22 Å². The molecule has 0 aliphatic rings. The van der Waals surface area contributed by atoms with Gasteiger partial charge in [-0.05, 0) is 28.1 Å². The highest BCUT2D eigenvalue weighted by molar-refractivity contribution is 9.10. The van der Waals surface area contributed by atoms with Crippen molar-refractivity contribution in [3.8, 4) is 0 Å². The summed E-state index contributed by atoms with van der Waals surface area (Å²) in [6.07, 6.45) is 4.97. The first-order chi connectivity index (χ1) is 6.86. The van der Waals surface area contributed by atoms with Crippen molar-refractivity contribution in [3.05, 3.63) is 41.0 Å². The molecule has 14 heavy (non-hydrogen) atoms. The second-order valence-electron chi connectivity index (χ2n) is 2.52. The van der Waals surface area contributed by atoms with Gasteiger partial charge in [0, 0.05) is 16.4 Å². The smallest absolute Gasteiger partial charge is 0.255 e. The van der Waals surface area contributed by atoms with Gasteiger partial charge in [-0.15, -0.1) is 0 Å². The first kappa shape index (κ1) is 9.73. The first-order valence-corrected chi connectivity index (χ1v) is 5.76. The fourth-order valence-electron chi connectivity index (χ4n) is 0.936. The van der Waals surface area contributed by atoms with Crippen LogP contribution in [0.4, 0.5) is 0 Å². The molecule has 0 N–H and O–H groups in total. The molecule has 2 heterocycles.